The molecular weight excluding hydrogens is 176 g/mol. The van der Waals surface area contributed by atoms with Crippen molar-refractivity contribution >= 4 is 6.29 Å². The van der Waals surface area contributed by atoms with Crippen molar-refractivity contribution in [2.45, 2.75) is 32.3 Å². The van der Waals surface area contributed by atoms with E-state index in [1.54, 1.807) is 6.08 Å². The van der Waals surface area contributed by atoms with Crippen LogP contribution in [0.5, 0.6) is 0 Å². The molecule has 2 heteroatoms. The van der Waals surface area contributed by atoms with Crippen LogP contribution in [0.2, 0.25) is 0 Å². The monoisotopic (exact) mass is 194 g/mol. The van der Waals surface area contributed by atoms with Gasteiger partial charge in [-0.15, -0.1) is 6.58 Å². The molecule has 0 saturated heterocycles. The van der Waals surface area contributed by atoms with Gasteiger partial charge in [-0.1, -0.05) is 19.9 Å². The van der Waals surface area contributed by atoms with Gasteiger partial charge in [0.2, 0.25) is 0 Å². The lowest BCUT2D eigenvalue weighted by atomic mass is 9.76. The Kier molecular flexibility index (Phi) is 1.91. The van der Waals surface area contributed by atoms with Gasteiger partial charge in [0.25, 0.3) is 0 Å². The molecule has 0 spiro atoms. The molecule has 0 amide bonds. The van der Waals surface area contributed by atoms with Gasteiger partial charge in [0.05, 0.1) is 11.5 Å². The molecule has 0 unspecified atom stereocenters. The van der Waals surface area contributed by atoms with Gasteiger partial charge in [-0.05, 0) is 30.1 Å². The minimum absolute atomic E-state index is 0.235. The number of carbonyl (C=O) groups is 1. The second-order valence-corrected chi connectivity index (χ2v) is 5.35. The summed E-state index contributed by atoms with van der Waals surface area (Å²) in [6.07, 6.45) is 4.18. The van der Waals surface area contributed by atoms with Crippen molar-refractivity contribution < 1.29 is 9.90 Å². The predicted octanol–water partition coefficient (Wildman–Crippen LogP) is 1.78. The predicted molar refractivity (Wildman–Crippen MR) is 54.7 cm³/mol. The van der Waals surface area contributed by atoms with Gasteiger partial charge in [0.15, 0.2) is 0 Å². The van der Waals surface area contributed by atoms with Crippen LogP contribution in [-0.2, 0) is 4.79 Å². The average Bonchev–Trinajstić information content (AvgIpc) is 2.69. The van der Waals surface area contributed by atoms with Crippen molar-refractivity contribution in [2.75, 3.05) is 0 Å². The number of hydrogen-bond donors (Lipinski definition) is 1. The Balaban J connectivity index is 2.29. The third-order valence-corrected chi connectivity index (χ3v) is 4.46. The van der Waals surface area contributed by atoms with Crippen LogP contribution in [0.15, 0.2) is 12.7 Å². The lowest BCUT2D eigenvalue weighted by molar-refractivity contribution is -0.120. The lowest BCUT2D eigenvalue weighted by Crippen LogP contribution is -2.41. The molecule has 0 bridgehead atoms. The Hall–Kier alpha value is -0.630. The first kappa shape index (κ1) is 9.91. The van der Waals surface area contributed by atoms with Crippen LogP contribution in [0.25, 0.3) is 0 Å². The molecule has 0 aromatic rings. The van der Waals surface area contributed by atoms with E-state index < -0.39 is 5.60 Å². The lowest BCUT2D eigenvalue weighted by Gasteiger charge is -2.34. The van der Waals surface area contributed by atoms with Gasteiger partial charge >= 0.3 is 0 Å². The van der Waals surface area contributed by atoms with Gasteiger partial charge < -0.3 is 9.90 Å². The highest BCUT2D eigenvalue weighted by Crippen LogP contribution is 2.68. The zero-order valence-corrected chi connectivity index (χ0v) is 8.86. The smallest absolute Gasteiger partial charge is 0.126 e. The van der Waals surface area contributed by atoms with Crippen LogP contribution in [0.4, 0.5) is 0 Å². The zero-order valence-electron chi connectivity index (χ0n) is 8.86. The van der Waals surface area contributed by atoms with Crippen molar-refractivity contribution in [1.29, 1.82) is 0 Å². The third kappa shape index (κ3) is 1.04. The fraction of sp³-hybridized carbons (Fsp3) is 0.750. The Bertz CT molecular complexity index is 282. The Morgan fingerprint density at radius 3 is 2.64 bits per heavy atom. The van der Waals surface area contributed by atoms with E-state index in [-0.39, 0.29) is 11.3 Å². The standard InChI is InChI=1S/C12H18O2/c1-4-12(14)6-5-8-10(9(12)7-13)11(8,2)3/h4,7-10,14H,1,5-6H2,2-3H3/t8-,9+,10-,12-/m1/s1. The summed E-state index contributed by atoms with van der Waals surface area (Å²) in [6, 6.07) is 0. The Morgan fingerprint density at radius 1 is 1.50 bits per heavy atom. The summed E-state index contributed by atoms with van der Waals surface area (Å²) >= 11 is 0. The normalized spacial score (nSPS) is 49.2. The van der Waals surface area contributed by atoms with Crippen molar-refractivity contribution in [1.82, 2.24) is 0 Å². The maximum Gasteiger partial charge on any atom is 0.126 e. The molecule has 0 aromatic carbocycles. The van der Waals surface area contributed by atoms with E-state index in [1.165, 1.54) is 0 Å². The summed E-state index contributed by atoms with van der Waals surface area (Å²) in [4.78, 5) is 11.1. The SMILES string of the molecule is C=C[C@@]1(O)CC[C@@H]2[C@H]([C@@H]1C=O)C2(C)C. The quantitative estimate of drug-likeness (QED) is 0.537. The average molecular weight is 194 g/mol. The van der Waals surface area contributed by atoms with Crippen molar-refractivity contribution in [2.24, 2.45) is 23.2 Å². The van der Waals surface area contributed by atoms with Crippen LogP contribution < -0.4 is 0 Å². The van der Waals surface area contributed by atoms with Crippen LogP contribution in [0, 0.1) is 23.2 Å². The minimum Gasteiger partial charge on any atom is -0.385 e. The fourth-order valence-electron chi connectivity index (χ4n) is 3.36. The van der Waals surface area contributed by atoms with Crippen molar-refractivity contribution in [3.63, 3.8) is 0 Å². The van der Waals surface area contributed by atoms with E-state index in [0.717, 1.165) is 12.7 Å². The molecule has 2 aliphatic carbocycles. The van der Waals surface area contributed by atoms with E-state index in [4.69, 9.17) is 0 Å². The second kappa shape index (κ2) is 2.69. The maximum absolute atomic E-state index is 11.1. The number of carbonyl (C=O) groups excluding carboxylic acids is 1. The Labute approximate surface area is 85.0 Å². The first-order valence-electron chi connectivity index (χ1n) is 5.28. The van der Waals surface area contributed by atoms with Gasteiger partial charge in [-0.3, -0.25) is 0 Å². The summed E-state index contributed by atoms with van der Waals surface area (Å²) in [5, 5.41) is 10.2. The molecule has 0 aliphatic heterocycles. The Morgan fingerprint density at radius 2 is 2.14 bits per heavy atom. The van der Waals surface area contributed by atoms with Gasteiger partial charge in [-0.25, -0.2) is 0 Å². The van der Waals surface area contributed by atoms with Crippen molar-refractivity contribution in [3.8, 4) is 0 Å². The number of fused-ring (bicyclic) bond motifs is 1. The summed E-state index contributed by atoms with van der Waals surface area (Å²) in [7, 11) is 0. The largest absolute Gasteiger partial charge is 0.385 e. The van der Waals surface area contributed by atoms with Gasteiger partial charge in [0, 0.05) is 0 Å². The number of aldehydes is 1. The van der Waals surface area contributed by atoms with Crippen LogP contribution in [0.3, 0.4) is 0 Å². The number of hydrogen-bond acceptors (Lipinski definition) is 2. The molecule has 0 aromatic heterocycles. The molecule has 2 rings (SSSR count). The summed E-state index contributed by atoms with van der Waals surface area (Å²) in [5.41, 5.74) is -0.713. The van der Waals surface area contributed by atoms with Crippen LogP contribution >= 0.6 is 0 Å². The topological polar surface area (TPSA) is 37.3 Å². The van der Waals surface area contributed by atoms with E-state index in [0.29, 0.717) is 18.3 Å². The highest BCUT2D eigenvalue weighted by atomic mass is 16.3. The minimum atomic E-state index is -0.948. The van der Waals surface area contributed by atoms with E-state index in [9.17, 15) is 9.90 Å². The molecule has 2 nitrogen and oxygen atoms in total. The second-order valence-electron chi connectivity index (χ2n) is 5.35. The molecule has 4 atom stereocenters. The molecule has 0 heterocycles. The highest BCUT2D eigenvalue weighted by Gasteiger charge is 2.66. The molecule has 2 fully saturated rings. The third-order valence-electron chi connectivity index (χ3n) is 4.46. The van der Waals surface area contributed by atoms with Gasteiger partial charge in [-0.2, -0.15) is 0 Å². The molecule has 78 valence electrons. The summed E-state index contributed by atoms with van der Waals surface area (Å²) in [6.45, 7) is 8.02. The van der Waals surface area contributed by atoms with E-state index in [1.807, 2.05) is 0 Å². The highest BCUT2D eigenvalue weighted by molar-refractivity contribution is 5.59. The molecule has 2 aliphatic rings. The summed E-state index contributed by atoms with van der Waals surface area (Å²) in [5.74, 6) is 0.739. The fourth-order valence-corrected chi connectivity index (χ4v) is 3.36. The number of aliphatic hydroxyl groups is 1. The first-order chi connectivity index (χ1) is 6.47. The van der Waals surface area contributed by atoms with Crippen molar-refractivity contribution in [3.05, 3.63) is 12.7 Å². The first-order valence-corrected chi connectivity index (χ1v) is 5.28. The molecule has 1 N–H and O–H groups in total. The van der Waals surface area contributed by atoms with E-state index >= 15 is 0 Å². The maximum atomic E-state index is 11.1. The van der Waals surface area contributed by atoms with Crippen LogP contribution in [-0.4, -0.2) is 17.0 Å². The van der Waals surface area contributed by atoms with Crippen LogP contribution in [0.1, 0.15) is 26.7 Å². The molecule has 2 saturated carbocycles. The molecule has 14 heavy (non-hydrogen) atoms. The van der Waals surface area contributed by atoms with Gasteiger partial charge in [0.1, 0.15) is 6.29 Å². The summed E-state index contributed by atoms with van der Waals surface area (Å²) < 4.78 is 0. The molecular formula is C12H18O2. The number of rotatable bonds is 2. The van der Waals surface area contributed by atoms with E-state index in [2.05, 4.69) is 20.4 Å². The molecule has 0 radical (unpaired) electrons. The zero-order chi connectivity index (χ0) is 10.6.